The van der Waals surface area contributed by atoms with Crippen LogP contribution >= 0.6 is 11.6 Å². The molecule has 1 N–H and O–H groups in total. The number of benzene rings is 1. The van der Waals surface area contributed by atoms with Crippen molar-refractivity contribution >= 4 is 11.6 Å². The number of hydrogen-bond acceptors (Lipinski definition) is 1. The van der Waals surface area contributed by atoms with Crippen molar-refractivity contribution in [1.29, 1.82) is 0 Å². The van der Waals surface area contributed by atoms with Crippen molar-refractivity contribution in [2.75, 3.05) is 6.61 Å². The molecule has 1 aromatic rings. The number of halogens is 1. The third-order valence-electron chi connectivity index (χ3n) is 2.35. The second-order valence-corrected chi connectivity index (χ2v) is 4.18. The Kier molecular flexibility index (Phi) is 3.97. The molecule has 77 valence electrons. The van der Waals surface area contributed by atoms with E-state index in [1.54, 1.807) is 0 Å². The first-order chi connectivity index (χ1) is 6.57. The van der Waals surface area contributed by atoms with Crippen LogP contribution in [0.25, 0.3) is 0 Å². The SMILES string of the molecule is C[C](CO)c1cccc(C(C)C)c1Cl. The predicted molar refractivity (Wildman–Crippen MR) is 60.6 cm³/mol. The van der Waals surface area contributed by atoms with Crippen molar-refractivity contribution in [3.63, 3.8) is 0 Å². The Morgan fingerprint density at radius 1 is 1.43 bits per heavy atom. The van der Waals surface area contributed by atoms with Gasteiger partial charge < -0.3 is 5.11 Å². The average molecular weight is 212 g/mol. The fraction of sp³-hybridized carbons (Fsp3) is 0.417. The van der Waals surface area contributed by atoms with Crippen LogP contribution in [0.4, 0.5) is 0 Å². The molecule has 0 unspecified atom stereocenters. The molecule has 0 aromatic heterocycles. The van der Waals surface area contributed by atoms with E-state index in [1.165, 1.54) is 0 Å². The molecular formula is C12H16ClO. The summed E-state index contributed by atoms with van der Waals surface area (Å²) in [5.41, 5.74) is 2.09. The van der Waals surface area contributed by atoms with E-state index in [9.17, 15) is 0 Å². The molecule has 0 fully saturated rings. The lowest BCUT2D eigenvalue weighted by atomic mass is 9.95. The van der Waals surface area contributed by atoms with Gasteiger partial charge in [0.15, 0.2) is 0 Å². The van der Waals surface area contributed by atoms with Crippen LogP contribution in [0.15, 0.2) is 18.2 Å². The highest BCUT2D eigenvalue weighted by Gasteiger charge is 2.13. The Morgan fingerprint density at radius 2 is 2.07 bits per heavy atom. The number of hydrogen-bond donors (Lipinski definition) is 1. The summed E-state index contributed by atoms with van der Waals surface area (Å²) in [4.78, 5) is 0. The zero-order chi connectivity index (χ0) is 10.7. The Morgan fingerprint density at radius 3 is 2.57 bits per heavy atom. The summed E-state index contributed by atoms with van der Waals surface area (Å²) < 4.78 is 0. The van der Waals surface area contributed by atoms with Crippen molar-refractivity contribution in [2.24, 2.45) is 0 Å². The van der Waals surface area contributed by atoms with Gasteiger partial charge >= 0.3 is 0 Å². The minimum atomic E-state index is 0.0568. The number of rotatable bonds is 3. The van der Waals surface area contributed by atoms with Crippen LogP contribution in [0.3, 0.4) is 0 Å². The Balaban J connectivity index is 3.13. The maximum Gasteiger partial charge on any atom is 0.0535 e. The first-order valence-electron chi connectivity index (χ1n) is 4.80. The van der Waals surface area contributed by atoms with Gasteiger partial charge in [-0.3, -0.25) is 0 Å². The zero-order valence-electron chi connectivity index (χ0n) is 8.84. The van der Waals surface area contributed by atoms with Gasteiger partial charge in [0.2, 0.25) is 0 Å². The molecule has 1 aromatic carbocycles. The molecule has 1 rings (SSSR count). The molecule has 0 amide bonds. The molecule has 0 saturated heterocycles. The Bertz CT molecular complexity index is 307. The maximum absolute atomic E-state index is 9.05. The average Bonchev–Trinajstić information content (AvgIpc) is 2.16. The smallest absolute Gasteiger partial charge is 0.0535 e. The van der Waals surface area contributed by atoms with E-state index in [4.69, 9.17) is 16.7 Å². The van der Waals surface area contributed by atoms with Gasteiger partial charge in [0, 0.05) is 10.9 Å². The van der Waals surface area contributed by atoms with Crippen molar-refractivity contribution in [2.45, 2.75) is 26.7 Å². The van der Waals surface area contributed by atoms with Crippen molar-refractivity contribution in [3.05, 3.63) is 40.3 Å². The summed E-state index contributed by atoms with van der Waals surface area (Å²) in [5.74, 6) is 1.33. The third kappa shape index (κ3) is 2.28. The molecule has 14 heavy (non-hydrogen) atoms. The predicted octanol–water partition coefficient (Wildman–Crippen LogP) is 3.40. The summed E-state index contributed by atoms with van der Waals surface area (Å²) in [6.07, 6.45) is 0. The standard InChI is InChI=1S/C12H16ClO/c1-8(2)10-5-4-6-11(12(10)13)9(3)7-14/h4-6,8,14H,7H2,1-3H3. The van der Waals surface area contributed by atoms with Gasteiger partial charge in [-0.1, -0.05) is 50.6 Å². The highest BCUT2D eigenvalue weighted by molar-refractivity contribution is 6.32. The van der Waals surface area contributed by atoms with Crippen LogP contribution in [-0.4, -0.2) is 11.7 Å². The first kappa shape index (κ1) is 11.5. The Hall–Kier alpha value is -0.530. The Labute approximate surface area is 90.7 Å². The van der Waals surface area contributed by atoms with E-state index in [1.807, 2.05) is 25.1 Å². The molecule has 1 radical (unpaired) electrons. The van der Waals surface area contributed by atoms with Crippen LogP contribution in [-0.2, 0) is 0 Å². The molecule has 0 spiro atoms. The maximum atomic E-state index is 9.05. The fourth-order valence-electron chi connectivity index (χ4n) is 1.41. The lowest BCUT2D eigenvalue weighted by Crippen LogP contribution is -2.03. The minimum absolute atomic E-state index is 0.0568. The topological polar surface area (TPSA) is 20.2 Å². The molecule has 0 aliphatic heterocycles. The quantitative estimate of drug-likeness (QED) is 0.813. The van der Waals surface area contributed by atoms with Crippen LogP contribution in [0.2, 0.25) is 5.02 Å². The molecule has 0 atom stereocenters. The summed E-state index contributed by atoms with van der Waals surface area (Å²) in [5, 5.41) is 9.82. The normalized spacial score (nSPS) is 11.4. The number of aliphatic hydroxyl groups excluding tert-OH is 1. The molecule has 0 aliphatic rings. The monoisotopic (exact) mass is 211 g/mol. The summed E-state index contributed by atoms with van der Waals surface area (Å²) >= 11 is 6.25. The summed E-state index contributed by atoms with van der Waals surface area (Å²) in [7, 11) is 0. The molecule has 0 heterocycles. The summed E-state index contributed by atoms with van der Waals surface area (Å²) in [6, 6.07) is 5.95. The first-order valence-corrected chi connectivity index (χ1v) is 5.17. The van der Waals surface area contributed by atoms with E-state index in [0.29, 0.717) is 5.92 Å². The van der Waals surface area contributed by atoms with Crippen LogP contribution in [0.1, 0.15) is 37.8 Å². The van der Waals surface area contributed by atoms with Crippen molar-refractivity contribution in [1.82, 2.24) is 0 Å². The van der Waals surface area contributed by atoms with Crippen LogP contribution in [0, 0.1) is 5.92 Å². The van der Waals surface area contributed by atoms with Gasteiger partial charge in [0.05, 0.1) is 6.61 Å². The van der Waals surface area contributed by atoms with Crippen LogP contribution in [0.5, 0.6) is 0 Å². The molecule has 1 nitrogen and oxygen atoms in total. The fourth-order valence-corrected chi connectivity index (χ4v) is 1.92. The highest BCUT2D eigenvalue weighted by atomic mass is 35.5. The van der Waals surface area contributed by atoms with Gasteiger partial charge in [-0.25, -0.2) is 0 Å². The number of aliphatic hydroxyl groups is 1. The van der Waals surface area contributed by atoms with Crippen molar-refractivity contribution < 1.29 is 5.11 Å². The lowest BCUT2D eigenvalue weighted by molar-refractivity contribution is 0.315. The lowest BCUT2D eigenvalue weighted by Gasteiger charge is -2.15. The van der Waals surface area contributed by atoms with Gasteiger partial charge in [0.25, 0.3) is 0 Å². The molecular weight excluding hydrogens is 196 g/mol. The molecule has 2 heteroatoms. The van der Waals surface area contributed by atoms with E-state index >= 15 is 0 Å². The van der Waals surface area contributed by atoms with Crippen LogP contribution < -0.4 is 0 Å². The van der Waals surface area contributed by atoms with E-state index in [2.05, 4.69) is 13.8 Å². The third-order valence-corrected chi connectivity index (χ3v) is 2.77. The van der Waals surface area contributed by atoms with E-state index in [0.717, 1.165) is 22.1 Å². The second kappa shape index (κ2) is 4.81. The van der Waals surface area contributed by atoms with E-state index < -0.39 is 0 Å². The van der Waals surface area contributed by atoms with Crippen molar-refractivity contribution in [3.8, 4) is 0 Å². The molecule has 0 aliphatic carbocycles. The highest BCUT2D eigenvalue weighted by Crippen LogP contribution is 2.31. The van der Waals surface area contributed by atoms with Gasteiger partial charge in [-0.05, 0) is 17.0 Å². The van der Waals surface area contributed by atoms with Gasteiger partial charge in [-0.2, -0.15) is 0 Å². The zero-order valence-corrected chi connectivity index (χ0v) is 9.60. The second-order valence-electron chi connectivity index (χ2n) is 3.80. The minimum Gasteiger partial charge on any atom is -0.395 e. The van der Waals surface area contributed by atoms with Gasteiger partial charge in [-0.15, -0.1) is 0 Å². The summed E-state index contributed by atoms with van der Waals surface area (Å²) in [6.45, 7) is 6.17. The largest absolute Gasteiger partial charge is 0.395 e. The molecule has 0 bridgehead atoms. The molecule has 0 saturated carbocycles. The van der Waals surface area contributed by atoms with Gasteiger partial charge in [0.1, 0.15) is 0 Å². The van der Waals surface area contributed by atoms with E-state index in [-0.39, 0.29) is 6.61 Å².